The molecule has 0 N–H and O–H groups in total. The zero-order chi connectivity index (χ0) is 15.5. The van der Waals surface area contributed by atoms with Gasteiger partial charge in [-0.1, -0.05) is 0 Å². The first-order chi connectivity index (χ1) is 9.19. The summed E-state index contributed by atoms with van der Waals surface area (Å²) < 4.78 is 23.7. The lowest BCUT2D eigenvalue weighted by atomic mass is 10.1. The molecule has 0 unspecified atom stereocenters. The van der Waals surface area contributed by atoms with Crippen molar-refractivity contribution in [3.05, 3.63) is 32.5 Å². The topological polar surface area (TPSA) is 78.7 Å². The fourth-order valence-corrected chi connectivity index (χ4v) is 1.66. The Morgan fingerprint density at radius 1 is 1.50 bits per heavy atom. The zero-order valence-corrected chi connectivity index (χ0v) is 12.7. The molecule has 0 amide bonds. The minimum atomic E-state index is -1.40. The molecule has 0 spiro atoms. The average Bonchev–Trinajstić information content (AvgIpc) is 2.34. The summed E-state index contributed by atoms with van der Waals surface area (Å²) >= 11 is 2.93. The van der Waals surface area contributed by atoms with E-state index in [1.165, 1.54) is 13.8 Å². The quantitative estimate of drug-likeness (QED) is 0.463. The van der Waals surface area contributed by atoms with E-state index in [1.807, 2.05) is 0 Å². The average molecular weight is 350 g/mol. The van der Waals surface area contributed by atoms with Crippen LogP contribution >= 0.6 is 15.9 Å². The number of rotatable bonds is 5. The number of hydrogen-bond acceptors (Lipinski definition) is 5. The Morgan fingerprint density at radius 3 is 2.60 bits per heavy atom. The molecule has 0 saturated carbocycles. The largest absolute Gasteiger partial charge is 0.475 e. The molecule has 0 atom stereocenters. The Morgan fingerprint density at radius 2 is 2.10 bits per heavy atom. The molecular weight excluding hydrogens is 337 g/mol. The smallest absolute Gasteiger partial charge is 0.349 e. The summed E-state index contributed by atoms with van der Waals surface area (Å²) in [6, 6.07) is 1.79. The highest BCUT2D eigenvalue weighted by Crippen LogP contribution is 2.34. The molecule has 0 saturated heterocycles. The number of carbonyl (C=O) groups is 1. The summed E-state index contributed by atoms with van der Waals surface area (Å²) in [7, 11) is 0. The van der Waals surface area contributed by atoms with E-state index in [0.717, 1.165) is 12.1 Å². The Labute approximate surface area is 123 Å². The van der Waals surface area contributed by atoms with Gasteiger partial charge >= 0.3 is 5.97 Å². The van der Waals surface area contributed by atoms with E-state index in [9.17, 15) is 19.3 Å². The van der Waals surface area contributed by atoms with E-state index in [-0.39, 0.29) is 16.8 Å². The SMILES string of the molecule is CCOC(=O)C(C)(C)Oc1cc([N+](=O)[O-])cc(F)c1Br. The lowest BCUT2D eigenvalue weighted by Gasteiger charge is -2.24. The number of benzene rings is 1. The van der Waals surface area contributed by atoms with Gasteiger partial charge in [0.15, 0.2) is 5.60 Å². The summed E-state index contributed by atoms with van der Waals surface area (Å²) in [5, 5.41) is 10.7. The van der Waals surface area contributed by atoms with Crippen LogP contribution in [0.3, 0.4) is 0 Å². The van der Waals surface area contributed by atoms with Crippen LogP contribution in [0.4, 0.5) is 10.1 Å². The van der Waals surface area contributed by atoms with Gasteiger partial charge in [-0.05, 0) is 36.7 Å². The highest BCUT2D eigenvalue weighted by atomic mass is 79.9. The van der Waals surface area contributed by atoms with E-state index in [0.29, 0.717) is 0 Å². The number of nitrogens with zero attached hydrogens (tertiary/aromatic N) is 1. The van der Waals surface area contributed by atoms with Crippen LogP contribution in [0.25, 0.3) is 0 Å². The second kappa shape index (κ2) is 6.17. The van der Waals surface area contributed by atoms with Crippen LogP contribution in [0, 0.1) is 15.9 Å². The molecule has 20 heavy (non-hydrogen) atoms. The van der Waals surface area contributed by atoms with Crippen molar-refractivity contribution < 1.29 is 23.6 Å². The minimum Gasteiger partial charge on any atom is -0.475 e. The summed E-state index contributed by atoms with van der Waals surface area (Å²) in [5.41, 5.74) is -1.87. The van der Waals surface area contributed by atoms with Crippen LogP contribution in [-0.4, -0.2) is 23.1 Å². The highest BCUT2D eigenvalue weighted by molar-refractivity contribution is 9.10. The first kappa shape index (κ1) is 16.4. The molecule has 6 nitrogen and oxygen atoms in total. The van der Waals surface area contributed by atoms with Crippen molar-refractivity contribution in [2.24, 2.45) is 0 Å². The van der Waals surface area contributed by atoms with E-state index >= 15 is 0 Å². The number of ether oxygens (including phenoxy) is 2. The van der Waals surface area contributed by atoms with Gasteiger partial charge in [-0.2, -0.15) is 0 Å². The van der Waals surface area contributed by atoms with Gasteiger partial charge in [-0.3, -0.25) is 10.1 Å². The van der Waals surface area contributed by atoms with Gasteiger partial charge in [0.05, 0.1) is 28.1 Å². The third kappa shape index (κ3) is 3.66. The number of carbonyl (C=O) groups excluding carboxylic acids is 1. The van der Waals surface area contributed by atoms with E-state index in [4.69, 9.17) is 9.47 Å². The predicted molar refractivity (Wildman–Crippen MR) is 72.1 cm³/mol. The molecule has 0 aliphatic heterocycles. The molecule has 0 bridgehead atoms. The zero-order valence-electron chi connectivity index (χ0n) is 11.1. The van der Waals surface area contributed by atoms with Crippen LogP contribution in [-0.2, 0) is 9.53 Å². The fraction of sp³-hybridized carbons (Fsp3) is 0.417. The van der Waals surface area contributed by atoms with Crippen LogP contribution in [0.5, 0.6) is 5.75 Å². The van der Waals surface area contributed by atoms with Crippen molar-refractivity contribution in [1.29, 1.82) is 0 Å². The minimum absolute atomic E-state index is 0.0968. The van der Waals surface area contributed by atoms with Crippen molar-refractivity contribution in [1.82, 2.24) is 0 Å². The van der Waals surface area contributed by atoms with Gasteiger partial charge in [-0.25, -0.2) is 9.18 Å². The summed E-state index contributed by atoms with van der Waals surface area (Å²) in [5.74, 6) is -1.65. The molecular formula is C12H13BrFNO5. The molecule has 1 rings (SSSR count). The summed E-state index contributed by atoms with van der Waals surface area (Å²) in [6.07, 6.45) is 0. The third-order valence-corrected chi connectivity index (χ3v) is 3.09. The van der Waals surface area contributed by atoms with Crippen molar-refractivity contribution >= 4 is 27.6 Å². The van der Waals surface area contributed by atoms with Crippen LogP contribution < -0.4 is 4.74 Å². The lowest BCUT2D eigenvalue weighted by molar-refractivity contribution is -0.385. The molecule has 0 aliphatic rings. The molecule has 1 aromatic rings. The van der Waals surface area contributed by atoms with Crippen molar-refractivity contribution in [3.8, 4) is 5.75 Å². The second-order valence-corrected chi connectivity index (χ2v) is 5.12. The van der Waals surface area contributed by atoms with Gasteiger partial charge in [-0.15, -0.1) is 0 Å². The Bertz CT molecular complexity index is 547. The van der Waals surface area contributed by atoms with Gasteiger partial charge < -0.3 is 9.47 Å². The van der Waals surface area contributed by atoms with E-state index < -0.39 is 28.0 Å². The van der Waals surface area contributed by atoms with E-state index in [2.05, 4.69) is 15.9 Å². The molecule has 1 aromatic carbocycles. The predicted octanol–water partition coefficient (Wildman–Crippen LogP) is 3.22. The number of hydrogen-bond donors (Lipinski definition) is 0. The maximum Gasteiger partial charge on any atom is 0.349 e. The van der Waals surface area contributed by atoms with Gasteiger partial charge in [0, 0.05) is 0 Å². The summed E-state index contributed by atoms with van der Waals surface area (Å²) in [4.78, 5) is 21.6. The molecule has 8 heteroatoms. The Balaban J connectivity index is 3.14. The highest BCUT2D eigenvalue weighted by Gasteiger charge is 2.33. The fourth-order valence-electron chi connectivity index (χ4n) is 1.35. The summed E-state index contributed by atoms with van der Waals surface area (Å²) in [6.45, 7) is 4.65. The lowest BCUT2D eigenvalue weighted by Crippen LogP contribution is -2.39. The van der Waals surface area contributed by atoms with Gasteiger partial charge in [0.25, 0.3) is 5.69 Å². The maximum absolute atomic E-state index is 13.6. The first-order valence-corrected chi connectivity index (χ1v) is 6.48. The normalized spacial score (nSPS) is 11.1. The van der Waals surface area contributed by atoms with Crippen LogP contribution in [0.2, 0.25) is 0 Å². The van der Waals surface area contributed by atoms with Crippen LogP contribution in [0.1, 0.15) is 20.8 Å². The number of non-ortho nitro benzene ring substituents is 1. The monoisotopic (exact) mass is 349 g/mol. The van der Waals surface area contributed by atoms with Crippen LogP contribution in [0.15, 0.2) is 16.6 Å². The Kier molecular flexibility index (Phi) is 5.04. The number of nitro groups is 1. The standard InChI is InChI=1S/C12H13BrFNO5/c1-4-19-11(16)12(2,3)20-9-6-7(15(17)18)5-8(14)10(9)13/h5-6H,4H2,1-3H3. The van der Waals surface area contributed by atoms with Gasteiger partial charge in [0.1, 0.15) is 11.6 Å². The number of esters is 1. The molecule has 110 valence electrons. The second-order valence-electron chi connectivity index (χ2n) is 4.33. The third-order valence-electron chi connectivity index (χ3n) is 2.32. The van der Waals surface area contributed by atoms with Crippen molar-refractivity contribution in [3.63, 3.8) is 0 Å². The molecule has 0 aromatic heterocycles. The number of nitro benzene ring substituents is 1. The van der Waals surface area contributed by atoms with Crippen molar-refractivity contribution in [2.75, 3.05) is 6.61 Å². The van der Waals surface area contributed by atoms with Gasteiger partial charge in [0.2, 0.25) is 0 Å². The number of halogens is 2. The van der Waals surface area contributed by atoms with E-state index in [1.54, 1.807) is 6.92 Å². The molecule has 0 heterocycles. The molecule has 0 fully saturated rings. The Hall–Kier alpha value is -1.70. The molecule has 0 aliphatic carbocycles. The van der Waals surface area contributed by atoms with Crippen molar-refractivity contribution in [2.45, 2.75) is 26.4 Å². The first-order valence-electron chi connectivity index (χ1n) is 5.68. The molecule has 0 radical (unpaired) electrons. The maximum atomic E-state index is 13.6.